The number of carbonyl (C=O) groups excluding carboxylic acids is 1. The highest BCUT2D eigenvalue weighted by atomic mass is 32.2. The summed E-state index contributed by atoms with van der Waals surface area (Å²) in [5.74, 6) is 0.936. The van der Waals surface area contributed by atoms with Crippen molar-refractivity contribution in [3.63, 3.8) is 0 Å². The molecule has 0 saturated carbocycles. The van der Waals surface area contributed by atoms with Crippen LogP contribution in [0.2, 0.25) is 0 Å². The predicted molar refractivity (Wildman–Crippen MR) is 53.3 cm³/mol. The van der Waals surface area contributed by atoms with Gasteiger partial charge in [-0.25, -0.2) is 0 Å². The molecule has 1 aliphatic heterocycles. The second-order valence-corrected chi connectivity index (χ2v) is 4.73. The Hall–Kier alpha value is -0.180. The first-order valence-corrected chi connectivity index (χ1v) is 5.75. The van der Waals surface area contributed by atoms with Crippen molar-refractivity contribution in [3.8, 4) is 0 Å². The second-order valence-electron chi connectivity index (χ2n) is 3.69. The molecule has 1 aliphatic rings. The third-order valence-corrected chi connectivity index (χ3v) is 3.12. The Bertz CT molecular complexity index is 170. The lowest BCUT2D eigenvalue weighted by atomic mass is 10.2. The van der Waals surface area contributed by atoms with Gasteiger partial charge in [-0.3, -0.25) is 4.79 Å². The van der Waals surface area contributed by atoms with E-state index in [-0.39, 0.29) is 5.25 Å². The van der Waals surface area contributed by atoms with Crippen LogP contribution in [-0.4, -0.2) is 35.4 Å². The van der Waals surface area contributed by atoms with Crippen LogP contribution in [-0.2, 0) is 4.79 Å². The first kappa shape index (κ1) is 9.90. The lowest BCUT2D eigenvalue weighted by molar-refractivity contribution is -0.127. The summed E-state index contributed by atoms with van der Waals surface area (Å²) < 4.78 is 0. The molecule has 1 fully saturated rings. The number of rotatable bonds is 3. The van der Waals surface area contributed by atoms with Gasteiger partial charge in [0.1, 0.15) is 0 Å². The average Bonchev–Trinajstić information content (AvgIpc) is 2.32. The van der Waals surface area contributed by atoms with Crippen molar-refractivity contribution in [2.75, 3.05) is 19.3 Å². The molecule has 0 aliphatic carbocycles. The minimum atomic E-state index is 0.240. The van der Waals surface area contributed by atoms with Crippen LogP contribution in [0.3, 0.4) is 0 Å². The highest BCUT2D eigenvalue weighted by molar-refractivity contribution is 7.99. The molecule has 1 atom stereocenters. The van der Waals surface area contributed by atoms with E-state index >= 15 is 0 Å². The standard InChI is InChI=1S/C9H17NOS/c1-7(2)6-10-5-4-8(12-3)9(10)11/h7-8H,4-6H2,1-3H3. The van der Waals surface area contributed by atoms with E-state index in [9.17, 15) is 4.79 Å². The van der Waals surface area contributed by atoms with Crippen LogP contribution in [0.1, 0.15) is 20.3 Å². The monoisotopic (exact) mass is 187 g/mol. The van der Waals surface area contributed by atoms with E-state index < -0.39 is 0 Å². The Labute approximate surface area is 78.7 Å². The molecule has 2 nitrogen and oxygen atoms in total. The molecule has 12 heavy (non-hydrogen) atoms. The van der Waals surface area contributed by atoms with Gasteiger partial charge in [-0.05, 0) is 18.6 Å². The van der Waals surface area contributed by atoms with E-state index in [0.717, 1.165) is 19.5 Å². The average molecular weight is 187 g/mol. The Morgan fingerprint density at radius 2 is 2.33 bits per heavy atom. The SMILES string of the molecule is CSC1CCN(CC(C)C)C1=O. The molecule has 1 amide bonds. The normalized spacial score (nSPS) is 24.2. The highest BCUT2D eigenvalue weighted by Gasteiger charge is 2.30. The van der Waals surface area contributed by atoms with Gasteiger partial charge in [-0.15, -0.1) is 0 Å². The fraction of sp³-hybridized carbons (Fsp3) is 0.889. The van der Waals surface area contributed by atoms with Crippen molar-refractivity contribution >= 4 is 17.7 Å². The van der Waals surface area contributed by atoms with Gasteiger partial charge in [-0.2, -0.15) is 11.8 Å². The summed E-state index contributed by atoms with van der Waals surface area (Å²) in [5.41, 5.74) is 0. The zero-order valence-corrected chi connectivity index (χ0v) is 8.86. The summed E-state index contributed by atoms with van der Waals surface area (Å²) in [5, 5.41) is 0.240. The fourth-order valence-electron chi connectivity index (χ4n) is 1.55. The van der Waals surface area contributed by atoms with Gasteiger partial charge in [0.2, 0.25) is 5.91 Å². The quantitative estimate of drug-likeness (QED) is 0.669. The largest absolute Gasteiger partial charge is 0.341 e. The number of likely N-dealkylation sites (tertiary alicyclic amines) is 1. The van der Waals surface area contributed by atoms with Gasteiger partial charge in [0.15, 0.2) is 0 Å². The van der Waals surface area contributed by atoms with Crippen LogP contribution in [0.25, 0.3) is 0 Å². The molecule has 1 saturated heterocycles. The first-order valence-electron chi connectivity index (χ1n) is 4.46. The van der Waals surface area contributed by atoms with Gasteiger partial charge in [0, 0.05) is 13.1 Å². The molecule has 0 aromatic rings. The van der Waals surface area contributed by atoms with Crippen molar-refractivity contribution in [2.45, 2.75) is 25.5 Å². The molecule has 0 spiro atoms. The van der Waals surface area contributed by atoms with Gasteiger partial charge in [0.25, 0.3) is 0 Å². The molecule has 1 rings (SSSR count). The molecular weight excluding hydrogens is 170 g/mol. The smallest absolute Gasteiger partial charge is 0.235 e. The fourth-order valence-corrected chi connectivity index (χ4v) is 2.24. The molecule has 0 aromatic heterocycles. The molecule has 70 valence electrons. The summed E-state index contributed by atoms with van der Waals surface area (Å²) >= 11 is 1.68. The predicted octanol–water partition coefficient (Wildman–Crippen LogP) is 1.61. The van der Waals surface area contributed by atoms with Crippen molar-refractivity contribution in [1.82, 2.24) is 4.90 Å². The van der Waals surface area contributed by atoms with Crippen LogP contribution in [0.15, 0.2) is 0 Å². The first-order chi connectivity index (χ1) is 5.65. The van der Waals surface area contributed by atoms with Crippen LogP contribution in [0.5, 0.6) is 0 Å². The van der Waals surface area contributed by atoms with Crippen LogP contribution >= 0.6 is 11.8 Å². The Morgan fingerprint density at radius 1 is 1.67 bits per heavy atom. The van der Waals surface area contributed by atoms with E-state index in [0.29, 0.717) is 11.8 Å². The van der Waals surface area contributed by atoms with Crippen LogP contribution in [0, 0.1) is 5.92 Å². The van der Waals surface area contributed by atoms with Crippen LogP contribution in [0.4, 0.5) is 0 Å². The van der Waals surface area contributed by atoms with E-state index in [4.69, 9.17) is 0 Å². The van der Waals surface area contributed by atoms with Crippen molar-refractivity contribution in [2.24, 2.45) is 5.92 Å². The Kier molecular flexibility index (Phi) is 3.44. The van der Waals surface area contributed by atoms with Crippen LogP contribution < -0.4 is 0 Å². The molecular formula is C9H17NOS. The molecule has 0 N–H and O–H groups in total. The van der Waals surface area contributed by atoms with Gasteiger partial charge < -0.3 is 4.90 Å². The number of hydrogen-bond acceptors (Lipinski definition) is 2. The number of nitrogens with zero attached hydrogens (tertiary/aromatic N) is 1. The minimum Gasteiger partial charge on any atom is -0.341 e. The van der Waals surface area contributed by atoms with Gasteiger partial charge >= 0.3 is 0 Å². The van der Waals surface area contributed by atoms with Crippen molar-refractivity contribution in [3.05, 3.63) is 0 Å². The maximum Gasteiger partial charge on any atom is 0.235 e. The summed E-state index contributed by atoms with van der Waals surface area (Å²) in [6.07, 6.45) is 3.05. The number of hydrogen-bond donors (Lipinski definition) is 0. The summed E-state index contributed by atoms with van der Waals surface area (Å²) in [4.78, 5) is 13.6. The molecule has 0 radical (unpaired) electrons. The van der Waals surface area contributed by atoms with E-state index in [1.807, 2.05) is 11.2 Å². The van der Waals surface area contributed by atoms with E-state index in [1.54, 1.807) is 11.8 Å². The molecule has 1 unspecified atom stereocenters. The number of amides is 1. The third kappa shape index (κ3) is 2.16. The molecule has 3 heteroatoms. The molecule has 0 bridgehead atoms. The lowest BCUT2D eigenvalue weighted by Crippen LogP contribution is -2.31. The summed E-state index contributed by atoms with van der Waals surface area (Å²) in [6, 6.07) is 0. The minimum absolute atomic E-state index is 0.240. The highest BCUT2D eigenvalue weighted by Crippen LogP contribution is 2.22. The maximum atomic E-state index is 11.6. The Morgan fingerprint density at radius 3 is 2.75 bits per heavy atom. The van der Waals surface area contributed by atoms with Crippen molar-refractivity contribution < 1.29 is 4.79 Å². The summed E-state index contributed by atoms with van der Waals surface area (Å²) in [6.45, 7) is 6.19. The topological polar surface area (TPSA) is 20.3 Å². The zero-order valence-electron chi connectivity index (χ0n) is 8.04. The number of thioether (sulfide) groups is 1. The van der Waals surface area contributed by atoms with Gasteiger partial charge in [0.05, 0.1) is 5.25 Å². The third-order valence-electron chi connectivity index (χ3n) is 2.12. The maximum absolute atomic E-state index is 11.6. The zero-order chi connectivity index (χ0) is 9.14. The van der Waals surface area contributed by atoms with E-state index in [2.05, 4.69) is 13.8 Å². The summed E-state index contributed by atoms with van der Waals surface area (Å²) in [7, 11) is 0. The molecule has 1 heterocycles. The van der Waals surface area contributed by atoms with E-state index in [1.165, 1.54) is 0 Å². The second kappa shape index (κ2) is 4.17. The number of carbonyl (C=O) groups is 1. The Balaban J connectivity index is 2.44. The lowest BCUT2D eigenvalue weighted by Gasteiger charge is -2.18. The van der Waals surface area contributed by atoms with Crippen molar-refractivity contribution in [1.29, 1.82) is 0 Å². The molecule has 0 aromatic carbocycles. The van der Waals surface area contributed by atoms with Gasteiger partial charge in [-0.1, -0.05) is 13.8 Å².